The molecule has 1 unspecified atom stereocenters. The average molecular weight is 321 g/mol. The van der Waals surface area contributed by atoms with E-state index < -0.39 is 0 Å². The highest BCUT2D eigenvalue weighted by atomic mass is 16.1. The maximum Gasteiger partial charge on any atom is 0.133 e. The number of azide groups is 1. The molecule has 5 nitrogen and oxygen atoms in total. The third kappa shape index (κ3) is 5.98. The maximum atomic E-state index is 12.0. The number of Topliss-reactive ketones (excluding diaryl/α,β-unsaturated/α-hetero) is 1. The molecule has 1 aliphatic carbocycles. The van der Waals surface area contributed by atoms with Crippen LogP contribution in [0.3, 0.4) is 0 Å². The van der Waals surface area contributed by atoms with Gasteiger partial charge >= 0.3 is 0 Å². The van der Waals surface area contributed by atoms with Gasteiger partial charge in [0.15, 0.2) is 0 Å². The molecule has 0 N–H and O–H groups in total. The third-order valence-electron chi connectivity index (χ3n) is 5.32. The highest BCUT2D eigenvalue weighted by Gasteiger charge is 2.39. The van der Waals surface area contributed by atoms with Crippen molar-refractivity contribution in [3.63, 3.8) is 0 Å². The van der Waals surface area contributed by atoms with Gasteiger partial charge in [0.1, 0.15) is 12.1 Å². The molecule has 0 aromatic heterocycles. The topological polar surface area (TPSA) is 82.9 Å². The lowest BCUT2D eigenvalue weighted by molar-refractivity contribution is -0.123. The Bertz CT molecular complexity index is 451. The van der Waals surface area contributed by atoms with Crippen molar-refractivity contribution >= 4 is 12.1 Å². The summed E-state index contributed by atoms with van der Waals surface area (Å²) in [5.41, 5.74) is 8.97. The molecule has 23 heavy (non-hydrogen) atoms. The van der Waals surface area contributed by atoms with Crippen LogP contribution in [0.25, 0.3) is 10.4 Å². The Kier molecular flexibility index (Phi) is 7.77. The Labute approximate surface area is 139 Å². The third-order valence-corrected chi connectivity index (χ3v) is 5.32. The zero-order valence-corrected chi connectivity index (χ0v) is 15.1. The number of carbonyl (C=O) groups excluding carboxylic acids is 2. The van der Waals surface area contributed by atoms with Crippen LogP contribution < -0.4 is 0 Å². The summed E-state index contributed by atoms with van der Waals surface area (Å²) in [5, 5.41) is 4.04. The Morgan fingerprint density at radius 1 is 1.22 bits per heavy atom. The van der Waals surface area contributed by atoms with E-state index in [0.29, 0.717) is 12.3 Å². The van der Waals surface area contributed by atoms with Crippen LogP contribution in [-0.4, -0.2) is 18.1 Å². The first-order valence-corrected chi connectivity index (χ1v) is 8.81. The van der Waals surface area contributed by atoms with Crippen LogP contribution in [0.4, 0.5) is 0 Å². The quantitative estimate of drug-likeness (QED) is 0.237. The van der Waals surface area contributed by atoms with E-state index in [1.807, 2.05) is 13.8 Å². The molecule has 1 aliphatic rings. The van der Waals surface area contributed by atoms with Crippen LogP contribution in [-0.2, 0) is 9.59 Å². The lowest BCUT2D eigenvalue weighted by atomic mass is 9.76. The molecule has 0 spiro atoms. The van der Waals surface area contributed by atoms with Crippen LogP contribution in [0.1, 0.15) is 60.3 Å². The number of aldehydes is 1. The van der Waals surface area contributed by atoms with Crippen molar-refractivity contribution in [3.8, 4) is 0 Å². The second-order valence-corrected chi connectivity index (χ2v) is 7.75. The Morgan fingerprint density at radius 2 is 1.83 bits per heavy atom. The van der Waals surface area contributed by atoms with Crippen molar-refractivity contribution in [1.82, 2.24) is 0 Å². The molecule has 0 amide bonds. The summed E-state index contributed by atoms with van der Waals surface area (Å²) in [7, 11) is 0. The molecule has 0 heterocycles. The SMILES string of the molecule is CC(=O)[C@@H](CC(C1CC1)[C@H](C[C@H](C=O)C(C)C)N=[N+]=[N-])C(C)C. The molecule has 1 fully saturated rings. The van der Waals surface area contributed by atoms with E-state index in [-0.39, 0.29) is 41.4 Å². The van der Waals surface area contributed by atoms with Crippen LogP contribution in [0, 0.1) is 35.5 Å². The summed E-state index contributed by atoms with van der Waals surface area (Å²) >= 11 is 0. The maximum absolute atomic E-state index is 12.0. The second kappa shape index (κ2) is 9.07. The Morgan fingerprint density at radius 3 is 2.17 bits per heavy atom. The molecular formula is C18H31N3O2. The van der Waals surface area contributed by atoms with Gasteiger partial charge in [0.2, 0.25) is 0 Å². The molecule has 0 radical (unpaired) electrons. The van der Waals surface area contributed by atoms with Gasteiger partial charge in [-0.15, -0.1) is 0 Å². The fourth-order valence-corrected chi connectivity index (χ4v) is 3.53. The average Bonchev–Trinajstić information content (AvgIpc) is 3.28. The summed E-state index contributed by atoms with van der Waals surface area (Å²) in [4.78, 5) is 26.4. The molecule has 0 aromatic rings. The zero-order valence-electron chi connectivity index (χ0n) is 15.1. The first kappa shape index (κ1) is 19.7. The summed E-state index contributed by atoms with van der Waals surface area (Å²) < 4.78 is 0. The van der Waals surface area contributed by atoms with Gasteiger partial charge in [-0.3, -0.25) is 4.79 Å². The van der Waals surface area contributed by atoms with E-state index in [4.69, 9.17) is 5.53 Å². The summed E-state index contributed by atoms with van der Waals surface area (Å²) in [5.74, 6) is 1.38. The van der Waals surface area contributed by atoms with Crippen molar-refractivity contribution in [2.45, 2.75) is 66.3 Å². The van der Waals surface area contributed by atoms with Crippen molar-refractivity contribution < 1.29 is 9.59 Å². The van der Waals surface area contributed by atoms with Gasteiger partial charge in [-0.1, -0.05) is 32.8 Å². The highest BCUT2D eigenvalue weighted by molar-refractivity contribution is 5.78. The standard InChI is InChI=1S/C18H31N3O2/c1-11(2)15(10-22)8-18(20-21-19)17(14-6-7-14)9-16(12(3)4)13(5)23/h10-12,14-18H,6-9H2,1-5H3/t15-,16+,17?,18+/m1/s1. The molecule has 4 atom stereocenters. The first-order chi connectivity index (χ1) is 10.8. The molecule has 1 saturated carbocycles. The largest absolute Gasteiger partial charge is 0.303 e. The molecule has 0 aliphatic heterocycles. The lowest BCUT2D eigenvalue weighted by Gasteiger charge is -2.30. The van der Waals surface area contributed by atoms with Crippen molar-refractivity contribution in [1.29, 1.82) is 0 Å². The van der Waals surface area contributed by atoms with E-state index in [0.717, 1.165) is 25.5 Å². The van der Waals surface area contributed by atoms with Crippen LogP contribution >= 0.6 is 0 Å². The van der Waals surface area contributed by atoms with E-state index in [1.165, 1.54) is 0 Å². The van der Waals surface area contributed by atoms with E-state index >= 15 is 0 Å². The molecular weight excluding hydrogens is 290 g/mol. The van der Waals surface area contributed by atoms with Gasteiger partial charge in [-0.2, -0.15) is 0 Å². The summed E-state index contributed by atoms with van der Waals surface area (Å²) in [6, 6.07) is -0.189. The summed E-state index contributed by atoms with van der Waals surface area (Å²) in [6.07, 6.45) is 4.62. The number of ketones is 1. The normalized spacial score (nSPS) is 19.8. The van der Waals surface area contributed by atoms with Gasteiger partial charge in [-0.05, 0) is 61.8 Å². The number of rotatable bonds is 11. The minimum Gasteiger partial charge on any atom is -0.303 e. The van der Waals surface area contributed by atoms with Crippen LogP contribution in [0.2, 0.25) is 0 Å². The number of hydrogen-bond acceptors (Lipinski definition) is 3. The van der Waals surface area contributed by atoms with Crippen molar-refractivity contribution in [2.24, 2.45) is 40.6 Å². The van der Waals surface area contributed by atoms with Gasteiger partial charge in [-0.25, -0.2) is 0 Å². The minimum atomic E-state index is -0.189. The smallest absolute Gasteiger partial charge is 0.133 e. The lowest BCUT2D eigenvalue weighted by Crippen LogP contribution is -2.31. The Hall–Kier alpha value is -1.35. The van der Waals surface area contributed by atoms with E-state index in [9.17, 15) is 9.59 Å². The molecule has 5 heteroatoms. The molecule has 0 aromatic carbocycles. The van der Waals surface area contributed by atoms with Crippen LogP contribution in [0.5, 0.6) is 0 Å². The minimum absolute atomic E-state index is 0.00530. The fourth-order valence-electron chi connectivity index (χ4n) is 3.53. The highest BCUT2D eigenvalue weighted by Crippen LogP contribution is 2.45. The fraction of sp³-hybridized carbons (Fsp3) is 0.889. The number of hydrogen-bond donors (Lipinski definition) is 0. The predicted octanol–water partition coefficient (Wildman–Crippen LogP) is 4.80. The zero-order chi connectivity index (χ0) is 17.6. The molecule has 130 valence electrons. The predicted molar refractivity (Wildman–Crippen MR) is 91.8 cm³/mol. The molecule has 0 bridgehead atoms. The van der Waals surface area contributed by atoms with Gasteiger partial charge < -0.3 is 4.79 Å². The van der Waals surface area contributed by atoms with E-state index in [2.05, 4.69) is 23.9 Å². The van der Waals surface area contributed by atoms with E-state index in [1.54, 1.807) is 6.92 Å². The van der Waals surface area contributed by atoms with Crippen molar-refractivity contribution in [2.75, 3.05) is 0 Å². The van der Waals surface area contributed by atoms with Gasteiger partial charge in [0.05, 0.1) is 0 Å². The number of carbonyl (C=O) groups is 2. The van der Waals surface area contributed by atoms with Gasteiger partial charge in [0.25, 0.3) is 0 Å². The Balaban J connectivity index is 2.95. The first-order valence-electron chi connectivity index (χ1n) is 8.81. The second-order valence-electron chi connectivity index (χ2n) is 7.75. The molecule has 0 saturated heterocycles. The van der Waals surface area contributed by atoms with Crippen molar-refractivity contribution in [3.05, 3.63) is 10.4 Å². The van der Waals surface area contributed by atoms with Crippen LogP contribution in [0.15, 0.2) is 5.11 Å². The monoisotopic (exact) mass is 321 g/mol. The molecule has 1 rings (SSSR count). The van der Waals surface area contributed by atoms with Gasteiger partial charge in [0, 0.05) is 22.8 Å². The summed E-state index contributed by atoms with van der Waals surface area (Å²) in [6.45, 7) is 9.83. The number of nitrogens with zero attached hydrogens (tertiary/aromatic N) is 3.